The molecule has 1 amide bonds. The van der Waals surface area contributed by atoms with Crippen LogP contribution in [0, 0.1) is 0 Å². The van der Waals surface area contributed by atoms with Crippen LogP contribution in [0.25, 0.3) is 0 Å². The molecule has 0 spiro atoms. The smallest absolute Gasteiger partial charge is 0.325 e. The Bertz CT molecular complexity index is 1060. The standard InChI is InChI=1S/C15H16N4O6S/c1-25-11-5-3-2-4-10(11)19-7-6-18(9-13(19)20)26(23,24)12-8-16-15(22)17-14(12)21/h2-5,8H,6-7,9H2,1H3,(H2,16,17,21,22). The van der Waals surface area contributed by atoms with Gasteiger partial charge in [-0.1, -0.05) is 12.1 Å². The number of methoxy groups -OCH3 is 1. The normalized spacial score (nSPS) is 15.9. The van der Waals surface area contributed by atoms with Gasteiger partial charge in [0.25, 0.3) is 15.6 Å². The number of benzene rings is 1. The van der Waals surface area contributed by atoms with Crippen LogP contribution in [-0.4, -0.2) is 55.3 Å². The lowest BCUT2D eigenvalue weighted by atomic mass is 10.2. The number of para-hydroxylation sites is 2. The summed E-state index contributed by atoms with van der Waals surface area (Å²) in [6.45, 7) is -0.344. The lowest BCUT2D eigenvalue weighted by Crippen LogP contribution is -2.53. The van der Waals surface area contributed by atoms with E-state index in [1.54, 1.807) is 24.3 Å². The zero-order valence-corrected chi connectivity index (χ0v) is 14.6. The third-order valence-corrected chi connectivity index (χ3v) is 5.82. The largest absolute Gasteiger partial charge is 0.495 e. The molecular formula is C15H16N4O6S. The molecule has 0 aliphatic carbocycles. The van der Waals surface area contributed by atoms with Crippen molar-refractivity contribution in [2.75, 3.05) is 31.6 Å². The van der Waals surface area contributed by atoms with Gasteiger partial charge < -0.3 is 14.6 Å². The number of hydrogen-bond acceptors (Lipinski definition) is 6. The highest BCUT2D eigenvalue weighted by molar-refractivity contribution is 7.89. The third kappa shape index (κ3) is 3.13. The average molecular weight is 380 g/mol. The molecule has 1 aliphatic rings. The van der Waals surface area contributed by atoms with Gasteiger partial charge >= 0.3 is 5.69 Å². The number of hydrogen-bond donors (Lipinski definition) is 2. The monoisotopic (exact) mass is 380 g/mol. The summed E-state index contributed by atoms with van der Waals surface area (Å²) in [5.74, 6) is 0.0411. The van der Waals surface area contributed by atoms with E-state index in [-0.39, 0.29) is 13.1 Å². The average Bonchev–Trinajstić information content (AvgIpc) is 2.61. The second kappa shape index (κ2) is 6.77. The van der Waals surface area contributed by atoms with Gasteiger partial charge in [-0.15, -0.1) is 0 Å². The van der Waals surface area contributed by atoms with Crippen molar-refractivity contribution in [1.82, 2.24) is 14.3 Å². The van der Waals surface area contributed by atoms with Crippen molar-refractivity contribution < 1.29 is 17.9 Å². The van der Waals surface area contributed by atoms with Gasteiger partial charge in [0.15, 0.2) is 4.90 Å². The summed E-state index contributed by atoms with van der Waals surface area (Å²) in [7, 11) is -2.74. The molecule has 1 saturated heterocycles. The molecule has 1 aromatic heterocycles. The fourth-order valence-corrected chi connectivity index (χ4v) is 4.07. The van der Waals surface area contributed by atoms with Crippen molar-refractivity contribution in [1.29, 1.82) is 0 Å². The number of rotatable bonds is 4. The van der Waals surface area contributed by atoms with E-state index in [0.717, 1.165) is 10.5 Å². The molecule has 0 bridgehead atoms. The van der Waals surface area contributed by atoms with E-state index < -0.39 is 38.6 Å². The molecule has 0 radical (unpaired) electrons. The molecule has 11 heteroatoms. The Hall–Kier alpha value is -2.92. The van der Waals surface area contributed by atoms with E-state index >= 15 is 0 Å². The summed E-state index contributed by atoms with van der Waals surface area (Å²) in [6, 6.07) is 6.91. The molecule has 138 valence electrons. The summed E-state index contributed by atoms with van der Waals surface area (Å²) in [5, 5.41) is 0. The molecule has 1 fully saturated rings. The van der Waals surface area contributed by atoms with Crippen molar-refractivity contribution in [2.24, 2.45) is 0 Å². The van der Waals surface area contributed by atoms with Crippen molar-refractivity contribution in [3.63, 3.8) is 0 Å². The molecule has 2 N–H and O–H groups in total. The molecule has 0 saturated carbocycles. The molecule has 3 rings (SSSR count). The van der Waals surface area contributed by atoms with Crippen molar-refractivity contribution in [2.45, 2.75) is 4.90 Å². The quantitative estimate of drug-likeness (QED) is 0.707. The second-order valence-electron chi connectivity index (χ2n) is 5.49. The molecule has 1 aliphatic heterocycles. The summed E-state index contributed by atoms with van der Waals surface area (Å²) in [5.41, 5.74) is -1.31. The fraction of sp³-hybridized carbons (Fsp3) is 0.267. The number of anilines is 1. The Morgan fingerprint density at radius 3 is 2.50 bits per heavy atom. The molecule has 2 heterocycles. The van der Waals surface area contributed by atoms with E-state index in [9.17, 15) is 22.8 Å². The van der Waals surface area contributed by atoms with Crippen LogP contribution in [0.3, 0.4) is 0 Å². The predicted molar refractivity (Wildman–Crippen MR) is 91.8 cm³/mol. The molecule has 2 aromatic rings. The molecule has 0 atom stereocenters. The number of sulfonamides is 1. The minimum Gasteiger partial charge on any atom is -0.495 e. The van der Waals surface area contributed by atoms with Crippen LogP contribution < -0.4 is 20.9 Å². The Balaban J connectivity index is 1.87. The van der Waals surface area contributed by atoms with Crippen LogP contribution in [0.4, 0.5) is 5.69 Å². The number of aromatic nitrogens is 2. The number of H-pyrrole nitrogens is 2. The second-order valence-corrected chi connectivity index (χ2v) is 7.40. The number of carbonyl (C=O) groups is 1. The lowest BCUT2D eigenvalue weighted by molar-refractivity contribution is -0.120. The molecule has 1 aromatic carbocycles. The van der Waals surface area contributed by atoms with Crippen LogP contribution in [0.15, 0.2) is 44.9 Å². The zero-order valence-electron chi connectivity index (χ0n) is 13.8. The number of amides is 1. The van der Waals surface area contributed by atoms with Crippen LogP contribution in [0.2, 0.25) is 0 Å². The molecule has 10 nitrogen and oxygen atoms in total. The van der Waals surface area contributed by atoms with Gasteiger partial charge in [-0.05, 0) is 12.1 Å². The molecule has 26 heavy (non-hydrogen) atoms. The number of ether oxygens (including phenoxy) is 1. The number of nitrogens with one attached hydrogen (secondary N) is 2. The van der Waals surface area contributed by atoms with Gasteiger partial charge in [-0.3, -0.25) is 14.6 Å². The van der Waals surface area contributed by atoms with Gasteiger partial charge in [0.05, 0.1) is 19.3 Å². The van der Waals surface area contributed by atoms with E-state index in [4.69, 9.17) is 4.74 Å². The van der Waals surface area contributed by atoms with Gasteiger partial charge in [0, 0.05) is 19.3 Å². The van der Waals surface area contributed by atoms with Crippen LogP contribution >= 0.6 is 0 Å². The number of carbonyl (C=O) groups excluding carboxylic acids is 1. The first kappa shape index (κ1) is 17.9. The Kier molecular flexibility index (Phi) is 4.66. The maximum Gasteiger partial charge on any atom is 0.325 e. The van der Waals surface area contributed by atoms with Gasteiger partial charge in [0.2, 0.25) is 5.91 Å². The van der Waals surface area contributed by atoms with Crippen molar-refractivity contribution >= 4 is 21.6 Å². The predicted octanol–water partition coefficient (Wildman–Crippen LogP) is -0.891. The number of aromatic amines is 2. The third-order valence-electron chi connectivity index (χ3n) is 3.96. The Morgan fingerprint density at radius 1 is 1.12 bits per heavy atom. The van der Waals surface area contributed by atoms with Crippen LogP contribution in [-0.2, 0) is 14.8 Å². The van der Waals surface area contributed by atoms with Gasteiger partial charge in [0.1, 0.15) is 5.75 Å². The fourth-order valence-electron chi connectivity index (χ4n) is 2.69. The maximum atomic E-state index is 12.6. The van der Waals surface area contributed by atoms with E-state index in [1.165, 1.54) is 12.0 Å². The lowest BCUT2D eigenvalue weighted by Gasteiger charge is -2.33. The summed E-state index contributed by atoms with van der Waals surface area (Å²) < 4.78 is 31.4. The van der Waals surface area contributed by atoms with E-state index in [1.807, 2.05) is 4.98 Å². The van der Waals surface area contributed by atoms with Crippen LogP contribution in [0.1, 0.15) is 0 Å². The number of nitrogens with zero attached hydrogens (tertiary/aromatic N) is 2. The summed E-state index contributed by atoms with van der Waals surface area (Å²) in [6.07, 6.45) is 0.827. The first-order valence-electron chi connectivity index (χ1n) is 7.60. The highest BCUT2D eigenvalue weighted by Crippen LogP contribution is 2.29. The Labute approximate surface area is 148 Å². The minimum atomic E-state index is -4.22. The number of piperazine rings is 1. The highest BCUT2D eigenvalue weighted by Gasteiger charge is 2.35. The maximum absolute atomic E-state index is 12.6. The SMILES string of the molecule is COc1ccccc1N1CCN(S(=O)(=O)c2c[nH]c(=O)[nH]c2=O)CC1=O. The first-order chi connectivity index (χ1) is 12.3. The van der Waals surface area contributed by atoms with E-state index in [2.05, 4.69) is 4.98 Å². The van der Waals surface area contributed by atoms with Crippen molar-refractivity contribution in [3.8, 4) is 5.75 Å². The molecule has 0 unspecified atom stereocenters. The summed E-state index contributed by atoms with van der Waals surface area (Å²) >= 11 is 0. The summed E-state index contributed by atoms with van der Waals surface area (Å²) in [4.78, 5) is 40.2. The first-order valence-corrected chi connectivity index (χ1v) is 9.04. The zero-order chi connectivity index (χ0) is 18.9. The highest BCUT2D eigenvalue weighted by atomic mass is 32.2. The molecular weight excluding hydrogens is 364 g/mol. The van der Waals surface area contributed by atoms with Crippen LogP contribution in [0.5, 0.6) is 5.75 Å². The van der Waals surface area contributed by atoms with Crippen molar-refractivity contribution in [3.05, 3.63) is 51.3 Å². The van der Waals surface area contributed by atoms with Gasteiger partial charge in [-0.2, -0.15) is 4.31 Å². The van der Waals surface area contributed by atoms with E-state index in [0.29, 0.717) is 11.4 Å². The Morgan fingerprint density at radius 2 is 1.85 bits per heavy atom. The minimum absolute atomic E-state index is 0.00924. The topological polar surface area (TPSA) is 133 Å². The van der Waals surface area contributed by atoms with Gasteiger partial charge in [-0.25, -0.2) is 13.2 Å².